The highest BCUT2D eigenvalue weighted by atomic mass is 35.5. The summed E-state index contributed by atoms with van der Waals surface area (Å²) in [6, 6.07) is 4.51. The molecule has 2 N–H and O–H groups in total. The van der Waals surface area contributed by atoms with E-state index in [4.69, 9.17) is 23.2 Å². The van der Waals surface area contributed by atoms with Crippen LogP contribution >= 0.6 is 34.5 Å². The van der Waals surface area contributed by atoms with Gasteiger partial charge in [0.1, 0.15) is 0 Å². The molecule has 8 heteroatoms. The van der Waals surface area contributed by atoms with Gasteiger partial charge in [0, 0.05) is 21.1 Å². The predicted molar refractivity (Wildman–Crippen MR) is 80.6 cm³/mol. The molecule has 0 aliphatic heterocycles. The van der Waals surface area contributed by atoms with Crippen LogP contribution in [0.4, 0.5) is 10.8 Å². The van der Waals surface area contributed by atoms with Gasteiger partial charge in [0.05, 0.1) is 5.69 Å². The van der Waals surface area contributed by atoms with E-state index in [1.54, 1.807) is 12.3 Å². The Morgan fingerprint density at radius 1 is 1.10 bits per heavy atom. The first-order chi connectivity index (χ1) is 9.44. The molecule has 1 heterocycles. The molecule has 0 fully saturated rings. The summed E-state index contributed by atoms with van der Waals surface area (Å²) in [6.45, 7) is 1.79. The van der Waals surface area contributed by atoms with Crippen molar-refractivity contribution in [2.24, 2.45) is 0 Å². The maximum Gasteiger partial charge on any atom is 0.315 e. The maximum absolute atomic E-state index is 11.7. The molecule has 2 aromatic rings. The molecule has 5 nitrogen and oxygen atoms in total. The van der Waals surface area contributed by atoms with Gasteiger partial charge in [0.25, 0.3) is 0 Å². The van der Waals surface area contributed by atoms with Gasteiger partial charge in [-0.15, -0.1) is 11.3 Å². The van der Waals surface area contributed by atoms with Crippen LogP contribution in [0.1, 0.15) is 5.69 Å². The molecule has 0 aliphatic carbocycles. The standard InChI is InChI=1S/C12H9Cl2N3O2S/c1-6-5-20-12(15-6)17-11(19)10(18)16-9-3-7(13)2-8(14)4-9/h2-5H,1H3,(H,16,18)(H,15,17,19). The van der Waals surface area contributed by atoms with Gasteiger partial charge in [-0.3, -0.25) is 14.9 Å². The largest absolute Gasteiger partial charge is 0.318 e. The number of aromatic nitrogens is 1. The number of hydrogen-bond acceptors (Lipinski definition) is 4. The Bertz CT molecular complexity index is 652. The lowest BCUT2D eigenvalue weighted by Gasteiger charge is -2.05. The van der Waals surface area contributed by atoms with Crippen LogP contribution in [0.3, 0.4) is 0 Å². The molecule has 1 aromatic heterocycles. The van der Waals surface area contributed by atoms with Gasteiger partial charge in [0.2, 0.25) is 0 Å². The van der Waals surface area contributed by atoms with Crippen molar-refractivity contribution in [2.45, 2.75) is 6.92 Å². The van der Waals surface area contributed by atoms with Crippen molar-refractivity contribution < 1.29 is 9.59 Å². The Labute approximate surface area is 128 Å². The van der Waals surface area contributed by atoms with Crippen LogP contribution in [0.15, 0.2) is 23.6 Å². The first-order valence-electron chi connectivity index (χ1n) is 5.44. The van der Waals surface area contributed by atoms with E-state index in [-0.39, 0.29) is 0 Å². The second-order valence-corrected chi connectivity index (χ2v) is 5.59. The van der Waals surface area contributed by atoms with Crippen molar-refractivity contribution in [2.75, 3.05) is 10.6 Å². The Morgan fingerprint density at radius 2 is 1.70 bits per heavy atom. The molecule has 0 saturated carbocycles. The van der Waals surface area contributed by atoms with E-state index < -0.39 is 11.8 Å². The second-order valence-electron chi connectivity index (χ2n) is 3.86. The third-order valence-electron chi connectivity index (χ3n) is 2.17. The Balaban J connectivity index is 2.02. The number of anilines is 2. The summed E-state index contributed by atoms with van der Waals surface area (Å²) in [4.78, 5) is 27.4. The molecule has 0 bridgehead atoms. The van der Waals surface area contributed by atoms with Crippen molar-refractivity contribution in [1.29, 1.82) is 0 Å². The second kappa shape index (κ2) is 6.21. The summed E-state index contributed by atoms with van der Waals surface area (Å²) < 4.78 is 0. The number of halogens is 2. The Kier molecular flexibility index (Phi) is 4.59. The van der Waals surface area contributed by atoms with Crippen molar-refractivity contribution in [3.8, 4) is 0 Å². The lowest BCUT2D eigenvalue weighted by molar-refractivity contribution is -0.132. The van der Waals surface area contributed by atoms with Gasteiger partial charge >= 0.3 is 11.8 Å². The zero-order valence-corrected chi connectivity index (χ0v) is 12.6. The molecule has 2 rings (SSSR count). The van der Waals surface area contributed by atoms with Crippen molar-refractivity contribution >= 4 is 57.2 Å². The Hall–Kier alpha value is -1.63. The van der Waals surface area contributed by atoms with Crippen LogP contribution in [0.25, 0.3) is 0 Å². The van der Waals surface area contributed by atoms with E-state index in [0.29, 0.717) is 20.9 Å². The number of hydrogen-bond donors (Lipinski definition) is 2. The highest BCUT2D eigenvalue weighted by Gasteiger charge is 2.15. The number of nitrogens with one attached hydrogen (secondary N) is 2. The van der Waals surface area contributed by atoms with Gasteiger partial charge in [-0.2, -0.15) is 0 Å². The fourth-order valence-corrected chi connectivity index (χ4v) is 2.59. The monoisotopic (exact) mass is 329 g/mol. The topological polar surface area (TPSA) is 71.1 Å². The van der Waals surface area contributed by atoms with E-state index in [2.05, 4.69) is 15.6 Å². The van der Waals surface area contributed by atoms with E-state index in [1.165, 1.54) is 29.5 Å². The highest BCUT2D eigenvalue weighted by Crippen LogP contribution is 2.22. The number of amides is 2. The smallest absolute Gasteiger partial charge is 0.315 e. The number of carbonyl (C=O) groups is 2. The van der Waals surface area contributed by atoms with E-state index >= 15 is 0 Å². The minimum absolute atomic E-state index is 0.345. The first kappa shape index (κ1) is 14.8. The third kappa shape index (κ3) is 3.93. The SMILES string of the molecule is Cc1csc(NC(=O)C(=O)Nc2cc(Cl)cc(Cl)c2)n1. The molecule has 0 saturated heterocycles. The van der Waals surface area contributed by atoms with Gasteiger partial charge in [-0.1, -0.05) is 23.2 Å². The van der Waals surface area contributed by atoms with Gasteiger partial charge < -0.3 is 5.32 Å². The molecule has 0 aliphatic rings. The number of aryl methyl sites for hydroxylation is 1. The molecule has 2 amide bonds. The molecule has 0 spiro atoms. The minimum Gasteiger partial charge on any atom is -0.318 e. The van der Waals surface area contributed by atoms with E-state index in [1.807, 2.05) is 0 Å². The van der Waals surface area contributed by atoms with E-state index in [9.17, 15) is 9.59 Å². The predicted octanol–water partition coefficient (Wildman–Crippen LogP) is 3.34. The van der Waals surface area contributed by atoms with Crippen LogP contribution in [0, 0.1) is 6.92 Å². The Morgan fingerprint density at radius 3 is 2.25 bits per heavy atom. The number of carbonyl (C=O) groups excluding carboxylic acids is 2. The van der Waals surface area contributed by atoms with Gasteiger partial charge in [-0.05, 0) is 25.1 Å². The lowest BCUT2D eigenvalue weighted by atomic mass is 10.3. The lowest BCUT2D eigenvalue weighted by Crippen LogP contribution is -2.29. The van der Waals surface area contributed by atoms with Crippen molar-refractivity contribution in [3.05, 3.63) is 39.3 Å². The molecular weight excluding hydrogens is 321 g/mol. The average Bonchev–Trinajstić information content (AvgIpc) is 2.73. The summed E-state index contributed by atoms with van der Waals surface area (Å²) in [6.07, 6.45) is 0. The summed E-state index contributed by atoms with van der Waals surface area (Å²) >= 11 is 12.8. The summed E-state index contributed by atoms with van der Waals surface area (Å²) in [5.74, 6) is -1.63. The number of nitrogens with zero attached hydrogens (tertiary/aromatic N) is 1. The molecule has 0 unspecified atom stereocenters. The highest BCUT2D eigenvalue weighted by molar-refractivity contribution is 7.14. The van der Waals surface area contributed by atoms with Crippen LogP contribution in [0.5, 0.6) is 0 Å². The molecule has 1 aromatic carbocycles. The molecule has 20 heavy (non-hydrogen) atoms. The number of rotatable bonds is 2. The normalized spacial score (nSPS) is 10.2. The fraction of sp³-hybridized carbons (Fsp3) is 0.0833. The van der Waals surface area contributed by atoms with Crippen molar-refractivity contribution in [3.63, 3.8) is 0 Å². The summed E-state index contributed by atoms with van der Waals surface area (Å²) in [7, 11) is 0. The molecule has 104 valence electrons. The average molecular weight is 330 g/mol. The first-order valence-corrected chi connectivity index (χ1v) is 7.08. The molecule has 0 radical (unpaired) electrons. The number of benzene rings is 1. The quantitative estimate of drug-likeness (QED) is 0.830. The van der Waals surface area contributed by atoms with E-state index in [0.717, 1.165) is 5.69 Å². The van der Waals surface area contributed by atoms with Crippen LogP contribution in [-0.2, 0) is 9.59 Å². The molecule has 0 atom stereocenters. The zero-order chi connectivity index (χ0) is 14.7. The maximum atomic E-state index is 11.7. The van der Waals surface area contributed by atoms with Crippen LogP contribution in [-0.4, -0.2) is 16.8 Å². The third-order valence-corrected chi connectivity index (χ3v) is 3.48. The zero-order valence-electron chi connectivity index (χ0n) is 10.2. The van der Waals surface area contributed by atoms with Gasteiger partial charge in [0.15, 0.2) is 5.13 Å². The number of thiazole rings is 1. The van der Waals surface area contributed by atoms with Crippen molar-refractivity contribution in [1.82, 2.24) is 4.98 Å². The van der Waals surface area contributed by atoms with Crippen LogP contribution in [0.2, 0.25) is 10.0 Å². The minimum atomic E-state index is -0.823. The van der Waals surface area contributed by atoms with Crippen LogP contribution < -0.4 is 10.6 Å². The fourth-order valence-electron chi connectivity index (χ4n) is 1.38. The molecular formula is C12H9Cl2N3O2S. The summed E-state index contributed by atoms with van der Waals surface area (Å²) in [5, 5.41) is 7.67. The summed E-state index contributed by atoms with van der Waals surface area (Å²) in [5.41, 5.74) is 1.12. The van der Waals surface area contributed by atoms with Gasteiger partial charge in [-0.25, -0.2) is 4.98 Å².